The van der Waals surface area contributed by atoms with Crippen molar-refractivity contribution in [2.75, 3.05) is 32.1 Å². The zero-order valence-corrected chi connectivity index (χ0v) is 12.1. The molecule has 0 aromatic heterocycles. The summed E-state index contributed by atoms with van der Waals surface area (Å²) in [5.41, 5.74) is 7.09. The molecule has 1 aromatic carbocycles. The summed E-state index contributed by atoms with van der Waals surface area (Å²) < 4.78 is 22.1. The lowest BCUT2D eigenvalue weighted by atomic mass is 10.1. The van der Waals surface area contributed by atoms with E-state index in [1.807, 2.05) is 12.1 Å². The normalized spacial score (nSPS) is 11.3. The number of hydrogen-bond donors (Lipinski definition) is 1. The maximum absolute atomic E-state index is 12.0. The van der Waals surface area contributed by atoms with Crippen LogP contribution in [0.1, 0.15) is 15.9 Å². The summed E-state index contributed by atoms with van der Waals surface area (Å²) in [6, 6.07) is 7.21. The minimum Gasteiger partial charge on any atom is -0.341 e. The van der Waals surface area contributed by atoms with E-state index in [2.05, 4.69) is 0 Å². The summed E-state index contributed by atoms with van der Waals surface area (Å²) in [5.74, 6) is -0.205. The van der Waals surface area contributed by atoms with Crippen LogP contribution in [0.2, 0.25) is 0 Å². The summed E-state index contributed by atoms with van der Waals surface area (Å²) in [6.45, 7) is 0.768. The number of amides is 1. The first-order valence-electron chi connectivity index (χ1n) is 6.05. The molecular formula is C13H20N2O3S. The molecule has 106 valence electrons. The van der Waals surface area contributed by atoms with Crippen molar-refractivity contribution in [3.05, 3.63) is 35.4 Å². The monoisotopic (exact) mass is 284 g/mol. The number of nitrogens with zero attached hydrogens (tertiary/aromatic N) is 1. The number of benzene rings is 1. The summed E-state index contributed by atoms with van der Waals surface area (Å²) in [4.78, 5) is 13.5. The van der Waals surface area contributed by atoms with E-state index in [0.717, 1.165) is 18.2 Å². The SMILES string of the molecule is CN(CCS(C)(=O)=O)C(=O)c1ccc(CCN)cc1. The first kappa shape index (κ1) is 15.7. The van der Waals surface area contributed by atoms with Gasteiger partial charge in [0.15, 0.2) is 0 Å². The predicted octanol–water partition coefficient (Wildman–Crippen LogP) is 0.304. The fourth-order valence-corrected chi connectivity index (χ4v) is 2.21. The molecule has 6 heteroatoms. The van der Waals surface area contributed by atoms with Crippen LogP contribution >= 0.6 is 0 Å². The van der Waals surface area contributed by atoms with E-state index < -0.39 is 9.84 Å². The van der Waals surface area contributed by atoms with Gasteiger partial charge in [0.1, 0.15) is 9.84 Å². The summed E-state index contributed by atoms with van der Waals surface area (Å²) in [6.07, 6.45) is 1.94. The highest BCUT2D eigenvalue weighted by atomic mass is 32.2. The molecule has 0 aliphatic carbocycles. The minimum absolute atomic E-state index is 0.0273. The summed E-state index contributed by atoms with van der Waals surface area (Å²) in [5, 5.41) is 0. The third-order valence-corrected chi connectivity index (χ3v) is 3.70. The number of carbonyl (C=O) groups excluding carboxylic acids is 1. The van der Waals surface area contributed by atoms with E-state index in [4.69, 9.17) is 5.73 Å². The second kappa shape index (κ2) is 6.68. The Labute approximate surface area is 114 Å². The van der Waals surface area contributed by atoms with Crippen molar-refractivity contribution in [1.82, 2.24) is 4.90 Å². The van der Waals surface area contributed by atoms with Gasteiger partial charge in [0.2, 0.25) is 0 Å². The molecule has 2 N–H and O–H groups in total. The van der Waals surface area contributed by atoms with E-state index in [-0.39, 0.29) is 18.2 Å². The van der Waals surface area contributed by atoms with Crippen LogP contribution in [0.5, 0.6) is 0 Å². The number of rotatable bonds is 6. The van der Waals surface area contributed by atoms with Crippen LogP contribution in [0.4, 0.5) is 0 Å². The molecule has 0 saturated heterocycles. The van der Waals surface area contributed by atoms with Gasteiger partial charge in [-0.25, -0.2) is 8.42 Å². The molecule has 1 rings (SSSR count). The highest BCUT2D eigenvalue weighted by Crippen LogP contribution is 2.07. The predicted molar refractivity (Wildman–Crippen MR) is 75.9 cm³/mol. The molecule has 0 spiro atoms. The fourth-order valence-electron chi connectivity index (χ4n) is 1.61. The molecule has 0 atom stereocenters. The second-order valence-electron chi connectivity index (χ2n) is 4.59. The van der Waals surface area contributed by atoms with Crippen molar-refractivity contribution in [2.45, 2.75) is 6.42 Å². The summed E-state index contributed by atoms with van der Waals surface area (Å²) >= 11 is 0. The highest BCUT2D eigenvalue weighted by Gasteiger charge is 2.13. The van der Waals surface area contributed by atoms with Crippen LogP contribution in [0.25, 0.3) is 0 Å². The van der Waals surface area contributed by atoms with Gasteiger partial charge in [-0.2, -0.15) is 0 Å². The lowest BCUT2D eigenvalue weighted by molar-refractivity contribution is 0.0803. The van der Waals surface area contributed by atoms with Gasteiger partial charge in [-0.3, -0.25) is 4.79 Å². The Kier molecular flexibility index (Phi) is 5.50. The summed E-state index contributed by atoms with van der Waals surface area (Å²) in [7, 11) is -1.46. The molecule has 0 fully saturated rings. The van der Waals surface area contributed by atoms with Gasteiger partial charge in [0.05, 0.1) is 5.75 Å². The van der Waals surface area contributed by atoms with Crippen molar-refractivity contribution in [3.63, 3.8) is 0 Å². The number of carbonyl (C=O) groups is 1. The maximum atomic E-state index is 12.0. The zero-order valence-electron chi connectivity index (χ0n) is 11.3. The molecule has 0 aliphatic heterocycles. The van der Waals surface area contributed by atoms with E-state index in [1.165, 1.54) is 4.90 Å². The average molecular weight is 284 g/mol. The van der Waals surface area contributed by atoms with E-state index in [0.29, 0.717) is 12.1 Å². The quantitative estimate of drug-likeness (QED) is 0.815. The molecule has 1 amide bonds. The van der Waals surface area contributed by atoms with Crippen LogP contribution in [0.3, 0.4) is 0 Å². The largest absolute Gasteiger partial charge is 0.341 e. The van der Waals surface area contributed by atoms with E-state index in [9.17, 15) is 13.2 Å². The van der Waals surface area contributed by atoms with Gasteiger partial charge < -0.3 is 10.6 Å². The fraction of sp³-hybridized carbons (Fsp3) is 0.462. The van der Waals surface area contributed by atoms with Crippen LogP contribution in [0, 0.1) is 0 Å². The molecule has 0 aliphatic rings. The minimum atomic E-state index is -3.06. The van der Waals surface area contributed by atoms with Crippen LogP contribution < -0.4 is 5.73 Å². The van der Waals surface area contributed by atoms with Gasteiger partial charge in [0.25, 0.3) is 5.91 Å². The molecule has 0 radical (unpaired) electrons. The Hall–Kier alpha value is -1.40. The molecule has 0 saturated carbocycles. The third-order valence-electron chi connectivity index (χ3n) is 2.78. The average Bonchev–Trinajstić information content (AvgIpc) is 2.35. The topological polar surface area (TPSA) is 80.5 Å². The van der Waals surface area contributed by atoms with Crippen molar-refractivity contribution < 1.29 is 13.2 Å². The maximum Gasteiger partial charge on any atom is 0.253 e. The Morgan fingerprint density at radius 3 is 2.32 bits per heavy atom. The van der Waals surface area contributed by atoms with Gasteiger partial charge in [0, 0.05) is 25.4 Å². The third kappa shape index (κ3) is 5.40. The van der Waals surface area contributed by atoms with Crippen molar-refractivity contribution in [2.24, 2.45) is 5.73 Å². The van der Waals surface area contributed by atoms with Crippen LogP contribution in [-0.4, -0.2) is 51.4 Å². The smallest absolute Gasteiger partial charge is 0.253 e. The Morgan fingerprint density at radius 2 is 1.84 bits per heavy atom. The van der Waals surface area contributed by atoms with Gasteiger partial charge in [-0.15, -0.1) is 0 Å². The van der Waals surface area contributed by atoms with Crippen molar-refractivity contribution in [3.8, 4) is 0 Å². The Balaban J connectivity index is 2.66. The first-order chi connectivity index (χ1) is 8.83. The lowest BCUT2D eigenvalue weighted by Crippen LogP contribution is -2.31. The van der Waals surface area contributed by atoms with E-state index >= 15 is 0 Å². The molecule has 0 unspecified atom stereocenters. The van der Waals surface area contributed by atoms with Crippen molar-refractivity contribution >= 4 is 15.7 Å². The van der Waals surface area contributed by atoms with Gasteiger partial charge in [-0.1, -0.05) is 12.1 Å². The number of nitrogens with two attached hydrogens (primary N) is 1. The lowest BCUT2D eigenvalue weighted by Gasteiger charge is -2.16. The highest BCUT2D eigenvalue weighted by molar-refractivity contribution is 7.90. The molecular weight excluding hydrogens is 264 g/mol. The Bertz CT molecular complexity index is 523. The molecule has 5 nitrogen and oxygen atoms in total. The first-order valence-corrected chi connectivity index (χ1v) is 8.12. The van der Waals surface area contributed by atoms with Gasteiger partial charge in [-0.05, 0) is 30.7 Å². The number of sulfone groups is 1. The number of hydrogen-bond acceptors (Lipinski definition) is 4. The zero-order chi connectivity index (χ0) is 14.5. The second-order valence-corrected chi connectivity index (χ2v) is 6.85. The molecule has 0 heterocycles. The van der Waals surface area contributed by atoms with Crippen LogP contribution in [0.15, 0.2) is 24.3 Å². The molecule has 0 bridgehead atoms. The van der Waals surface area contributed by atoms with E-state index in [1.54, 1.807) is 19.2 Å². The van der Waals surface area contributed by atoms with Crippen LogP contribution in [-0.2, 0) is 16.3 Å². The van der Waals surface area contributed by atoms with Gasteiger partial charge >= 0.3 is 0 Å². The van der Waals surface area contributed by atoms with Crippen molar-refractivity contribution in [1.29, 1.82) is 0 Å². The Morgan fingerprint density at radius 1 is 1.26 bits per heavy atom. The molecule has 1 aromatic rings. The molecule has 19 heavy (non-hydrogen) atoms. The standard InChI is InChI=1S/C13H20N2O3S/c1-15(9-10-19(2,17)18)13(16)12-5-3-11(4-6-12)7-8-14/h3-6H,7-10,14H2,1-2H3.